The lowest BCUT2D eigenvalue weighted by Gasteiger charge is -2.12. The van der Waals surface area contributed by atoms with Crippen LogP contribution in [-0.4, -0.2) is 55.9 Å². The Bertz CT molecular complexity index is 761. The molecule has 0 saturated carbocycles. The number of aromatic nitrogens is 1. The van der Waals surface area contributed by atoms with E-state index in [-0.39, 0.29) is 5.69 Å². The molecule has 1 amide bonds. The molecule has 0 bridgehead atoms. The molecule has 1 aromatic heterocycles. The number of carbonyl (C=O) groups excluding carboxylic acids is 2. The fourth-order valence-electron chi connectivity index (χ4n) is 2.03. The Hall–Kier alpha value is -2.65. The third-order valence-corrected chi connectivity index (χ3v) is 4.23. The fraction of sp³-hybridized carbons (Fsp3) is 0.312. The molecule has 1 aromatic carbocycles. The van der Waals surface area contributed by atoms with Gasteiger partial charge in [-0.15, -0.1) is 11.3 Å². The van der Waals surface area contributed by atoms with Gasteiger partial charge in [-0.1, -0.05) is 0 Å². The summed E-state index contributed by atoms with van der Waals surface area (Å²) in [5, 5.41) is 13.7. The topological polar surface area (TPSA) is 107 Å². The number of thiazole rings is 1. The highest BCUT2D eigenvalue weighted by Gasteiger charge is 2.22. The van der Waals surface area contributed by atoms with Crippen LogP contribution in [0, 0.1) is 0 Å². The van der Waals surface area contributed by atoms with Gasteiger partial charge in [-0.3, -0.25) is 4.79 Å². The number of methoxy groups -OCH3 is 3. The van der Waals surface area contributed by atoms with Gasteiger partial charge in [0, 0.05) is 10.9 Å². The first-order valence-corrected chi connectivity index (χ1v) is 8.09. The van der Waals surface area contributed by atoms with Crippen molar-refractivity contribution in [1.82, 2.24) is 10.3 Å². The Morgan fingerprint density at radius 2 is 1.96 bits per heavy atom. The molecule has 8 nitrogen and oxygen atoms in total. The summed E-state index contributed by atoms with van der Waals surface area (Å²) in [6.45, 7) is -0.564. The second-order valence-corrected chi connectivity index (χ2v) is 5.70. The number of esters is 1. The Kier molecular flexibility index (Phi) is 6.31. The molecule has 0 aliphatic carbocycles. The van der Waals surface area contributed by atoms with Crippen molar-refractivity contribution in [1.29, 1.82) is 0 Å². The molecular formula is C16H18N2O6S. The van der Waals surface area contributed by atoms with E-state index >= 15 is 0 Å². The average molecular weight is 366 g/mol. The van der Waals surface area contributed by atoms with Crippen LogP contribution in [0.4, 0.5) is 0 Å². The van der Waals surface area contributed by atoms with Gasteiger partial charge in [0.2, 0.25) is 0 Å². The Labute approximate surface area is 148 Å². The normalized spacial score (nSPS) is 11.5. The van der Waals surface area contributed by atoms with Crippen molar-refractivity contribution in [3.8, 4) is 22.1 Å². The number of benzene rings is 1. The van der Waals surface area contributed by atoms with E-state index in [1.165, 1.54) is 25.6 Å². The van der Waals surface area contributed by atoms with Gasteiger partial charge < -0.3 is 24.6 Å². The zero-order valence-electron chi connectivity index (χ0n) is 13.9. The quantitative estimate of drug-likeness (QED) is 0.706. The molecule has 0 saturated heterocycles. The van der Waals surface area contributed by atoms with E-state index in [9.17, 15) is 9.59 Å². The smallest absolute Gasteiger partial charge is 0.330 e. The molecular weight excluding hydrogens is 348 g/mol. The predicted octanol–water partition coefficient (Wildman–Crippen LogP) is 1.09. The number of nitrogens with one attached hydrogen (secondary N) is 1. The Balaban J connectivity index is 2.19. The molecule has 2 aromatic rings. The molecule has 0 fully saturated rings. The summed E-state index contributed by atoms with van der Waals surface area (Å²) in [5.41, 5.74) is 0.894. The van der Waals surface area contributed by atoms with E-state index in [1.807, 2.05) is 0 Å². The highest BCUT2D eigenvalue weighted by molar-refractivity contribution is 7.13. The summed E-state index contributed by atoms with van der Waals surface area (Å²) >= 11 is 1.27. The number of rotatable bonds is 7. The number of ether oxygens (including phenoxy) is 3. The lowest BCUT2D eigenvalue weighted by atomic mass is 10.2. The molecule has 2 N–H and O–H groups in total. The van der Waals surface area contributed by atoms with E-state index in [2.05, 4.69) is 15.0 Å². The zero-order chi connectivity index (χ0) is 18.4. The molecule has 1 atom stereocenters. The van der Waals surface area contributed by atoms with Crippen LogP contribution in [0.5, 0.6) is 11.5 Å². The number of hydrogen-bond donors (Lipinski definition) is 2. The zero-order valence-corrected chi connectivity index (χ0v) is 14.8. The molecule has 2 rings (SSSR count). The molecule has 9 heteroatoms. The van der Waals surface area contributed by atoms with Crippen molar-refractivity contribution in [3.05, 3.63) is 29.3 Å². The highest BCUT2D eigenvalue weighted by Crippen LogP contribution is 2.33. The van der Waals surface area contributed by atoms with Crippen molar-refractivity contribution in [2.45, 2.75) is 6.04 Å². The maximum Gasteiger partial charge on any atom is 0.330 e. The maximum absolute atomic E-state index is 12.2. The second kappa shape index (κ2) is 8.45. The summed E-state index contributed by atoms with van der Waals surface area (Å²) in [6, 6.07) is 4.16. The van der Waals surface area contributed by atoms with Crippen molar-refractivity contribution >= 4 is 23.2 Å². The largest absolute Gasteiger partial charge is 0.493 e. The number of amides is 1. The van der Waals surface area contributed by atoms with Crippen LogP contribution in [0.15, 0.2) is 23.6 Å². The molecule has 1 heterocycles. The third-order valence-electron chi connectivity index (χ3n) is 3.34. The molecule has 0 unspecified atom stereocenters. The summed E-state index contributed by atoms with van der Waals surface area (Å²) in [4.78, 5) is 27.9. The van der Waals surface area contributed by atoms with Crippen LogP contribution in [0.1, 0.15) is 10.5 Å². The molecule has 134 valence electrons. The molecule has 25 heavy (non-hydrogen) atoms. The lowest BCUT2D eigenvalue weighted by Crippen LogP contribution is -2.44. The summed E-state index contributed by atoms with van der Waals surface area (Å²) in [7, 11) is 4.25. The number of aliphatic hydroxyl groups excluding tert-OH is 1. The van der Waals surface area contributed by atoms with Crippen molar-refractivity contribution in [3.63, 3.8) is 0 Å². The minimum atomic E-state index is -1.14. The summed E-state index contributed by atoms with van der Waals surface area (Å²) in [6.07, 6.45) is 0. The summed E-state index contributed by atoms with van der Waals surface area (Å²) in [5.74, 6) is -0.171. The van der Waals surface area contributed by atoms with Gasteiger partial charge in [-0.25, -0.2) is 9.78 Å². The van der Waals surface area contributed by atoms with E-state index < -0.39 is 24.5 Å². The minimum Gasteiger partial charge on any atom is -0.493 e. The van der Waals surface area contributed by atoms with Crippen molar-refractivity contribution in [2.24, 2.45) is 0 Å². The number of aliphatic hydroxyl groups is 1. The Morgan fingerprint density at radius 3 is 2.56 bits per heavy atom. The van der Waals surface area contributed by atoms with Crippen LogP contribution >= 0.6 is 11.3 Å². The van der Waals surface area contributed by atoms with Crippen LogP contribution in [0.2, 0.25) is 0 Å². The molecule has 0 radical (unpaired) electrons. The molecule has 0 aliphatic heterocycles. The van der Waals surface area contributed by atoms with E-state index in [4.69, 9.17) is 14.6 Å². The van der Waals surface area contributed by atoms with Crippen molar-refractivity contribution < 1.29 is 28.9 Å². The lowest BCUT2D eigenvalue weighted by molar-refractivity contribution is -0.143. The van der Waals surface area contributed by atoms with Crippen LogP contribution < -0.4 is 14.8 Å². The van der Waals surface area contributed by atoms with Crippen LogP contribution in [0.3, 0.4) is 0 Å². The van der Waals surface area contributed by atoms with Gasteiger partial charge in [-0.05, 0) is 18.2 Å². The van der Waals surface area contributed by atoms with Gasteiger partial charge >= 0.3 is 5.97 Å². The standard InChI is InChI=1S/C16H18N2O6S/c1-22-12-5-4-9(6-13(12)23-2)15-18-11(8-25-15)14(20)17-10(7-19)16(21)24-3/h4-6,8,10,19H,7H2,1-3H3,(H,17,20)/t10-/m0/s1. The predicted molar refractivity (Wildman–Crippen MR) is 91.0 cm³/mol. The number of nitrogens with zero attached hydrogens (tertiary/aromatic N) is 1. The number of hydrogen-bond acceptors (Lipinski definition) is 8. The first-order chi connectivity index (χ1) is 12.0. The average Bonchev–Trinajstić information content (AvgIpc) is 3.14. The van der Waals surface area contributed by atoms with Crippen LogP contribution in [0.25, 0.3) is 10.6 Å². The van der Waals surface area contributed by atoms with Gasteiger partial charge in [0.1, 0.15) is 10.7 Å². The maximum atomic E-state index is 12.2. The highest BCUT2D eigenvalue weighted by atomic mass is 32.1. The molecule has 0 spiro atoms. The van der Waals surface area contributed by atoms with E-state index in [0.29, 0.717) is 16.5 Å². The fourth-order valence-corrected chi connectivity index (χ4v) is 2.83. The Morgan fingerprint density at radius 1 is 1.24 bits per heavy atom. The van der Waals surface area contributed by atoms with Gasteiger partial charge in [0.15, 0.2) is 17.5 Å². The monoisotopic (exact) mass is 366 g/mol. The summed E-state index contributed by atoms with van der Waals surface area (Å²) < 4.78 is 14.9. The van der Waals surface area contributed by atoms with Gasteiger partial charge in [-0.2, -0.15) is 0 Å². The first-order valence-electron chi connectivity index (χ1n) is 7.21. The minimum absolute atomic E-state index is 0.136. The second-order valence-electron chi connectivity index (χ2n) is 4.84. The molecule has 0 aliphatic rings. The van der Waals surface area contributed by atoms with Crippen LogP contribution in [-0.2, 0) is 9.53 Å². The van der Waals surface area contributed by atoms with Crippen molar-refractivity contribution in [2.75, 3.05) is 27.9 Å². The van der Waals surface area contributed by atoms with Gasteiger partial charge in [0.25, 0.3) is 5.91 Å². The first kappa shape index (κ1) is 18.7. The van der Waals surface area contributed by atoms with E-state index in [0.717, 1.165) is 5.56 Å². The van der Waals surface area contributed by atoms with E-state index in [1.54, 1.807) is 30.7 Å². The van der Waals surface area contributed by atoms with Gasteiger partial charge in [0.05, 0.1) is 27.9 Å². The number of carbonyl (C=O) groups is 2. The third kappa shape index (κ3) is 4.25. The SMILES string of the molecule is COC(=O)[C@H](CO)NC(=O)c1csc(-c2ccc(OC)c(OC)c2)n1.